The van der Waals surface area contributed by atoms with Crippen LogP contribution in [0.15, 0.2) is 0 Å². The van der Waals surface area contributed by atoms with Gasteiger partial charge in [0, 0.05) is 10.6 Å². The highest BCUT2D eigenvalue weighted by Gasteiger charge is 2.05. The van der Waals surface area contributed by atoms with Crippen LogP contribution in [0.1, 0.15) is 40.0 Å². The fourth-order valence-corrected chi connectivity index (χ4v) is 2.36. The monoisotopic (exact) mass is 252 g/mol. The molecule has 0 aromatic heterocycles. The Balaban J connectivity index is 3.08. The third-order valence-corrected chi connectivity index (χ3v) is 4.25. The SMILES string of the molecule is CC(C)C(C)SCCCCCBr. The van der Waals surface area contributed by atoms with Gasteiger partial charge < -0.3 is 0 Å². The normalized spacial score (nSPS) is 13.8. The number of unbranched alkanes of at least 4 members (excludes halogenated alkanes) is 2. The molecule has 0 saturated carbocycles. The lowest BCUT2D eigenvalue weighted by Crippen LogP contribution is -2.06. The lowest BCUT2D eigenvalue weighted by Gasteiger charge is -2.14. The molecule has 0 fully saturated rings. The van der Waals surface area contributed by atoms with E-state index in [1.54, 1.807) is 0 Å². The van der Waals surface area contributed by atoms with Gasteiger partial charge in [-0.25, -0.2) is 0 Å². The van der Waals surface area contributed by atoms with Crippen LogP contribution >= 0.6 is 27.7 Å². The van der Waals surface area contributed by atoms with E-state index in [0.717, 1.165) is 16.5 Å². The maximum atomic E-state index is 3.45. The number of alkyl halides is 1. The van der Waals surface area contributed by atoms with E-state index in [0.29, 0.717) is 0 Å². The van der Waals surface area contributed by atoms with Crippen molar-refractivity contribution < 1.29 is 0 Å². The van der Waals surface area contributed by atoms with E-state index in [4.69, 9.17) is 0 Å². The Hall–Kier alpha value is 0.830. The first-order valence-corrected chi connectivity index (χ1v) is 7.03. The Morgan fingerprint density at radius 1 is 1.08 bits per heavy atom. The molecular formula is C10H21BrS. The molecule has 1 unspecified atom stereocenters. The highest BCUT2D eigenvalue weighted by Crippen LogP contribution is 2.20. The van der Waals surface area contributed by atoms with E-state index in [1.165, 1.54) is 25.0 Å². The molecule has 74 valence electrons. The van der Waals surface area contributed by atoms with Crippen molar-refractivity contribution in [2.24, 2.45) is 5.92 Å². The van der Waals surface area contributed by atoms with Crippen molar-refractivity contribution in [1.29, 1.82) is 0 Å². The number of hydrogen-bond acceptors (Lipinski definition) is 1. The van der Waals surface area contributed by atoms with E-state index in [1.807, 2.05) is 0 Å². The third-order valence-electron chi connectivity index (χ3n) is 2.10. The second-order valence-electron chi connectivity index (χ2n) is 3.57. The zero-order valence-electron chi connectivity index (χ0n) is 8.48. The minimum Gasteiger partial charge on any atom is -0.159 e. The van der Waals surface area contributed by atoms with Crippen molar-refractivity contribution in [1.82, 2.24) is 0 Å². The first-order valence-electron chi connectivity index (χ1n) is 4.86. The van der Waals surface area contributed by atoms with Gasteiger partial charge in [-0.2, -0.15) is 11.8 Å². The van der Waals surface area contributed by atoms with E-state index in [9.17, 15) is 0 Å². The number of rotatable bonds is 7. The molecule has 12 heavy (non-hydrogen) atoms. The number of halogens is 1. The van der Waals surface area contributed by atoms with Crippen molar-refractivity contribution in [3.63, 3.8) is 0 Å². The molecule has 0 amide bonds. The highest BCUT2D eigenvalue weighted by molar-refractivity contribution is 9.09. The average Bonchev–Trinajstić information content (AvgIpc) is 2.03. The predicted octanol–water partition coefficient (Wildman–Crippen LogP) is 4.33. The van der Waals surface area contributed by atoms with Gasteiger partial charge in [-0.3, -0.25) is 0 Å². The molecule has 0 aliphatic rings. The molecule has 0 aromatic rings. The lowest BCUT2D eigenvalue weighted by molar-refractivity contribution is 0.641. The van der Waals surface area contributed by atoms with E-state index < -0.39 is 0 Å². The molecule has 0 aliphatic carbocycles. The van der Waals surface area contributed by atoms with Crippen LogP contribution in [0, 0.1) is 5.92 Å². The van der Waals surface area contributed by atoms with Gasteiger partial charge >= 0.3 is 0 Å². The summed E-state index contributed by atoms with van der Waals surface area (Å²) in [7, 11) is 0. The molecular weight excluding hydrogens is 232 g/mol. The predicted molar refractivity (Wildman–Crippen MR) is 64.4 cm³/mol. The van der Waals surface area contributed by atoms with Gasteiger partial charge in [-0.1, -0.05) is 43.1 Å². The molecule has 0 nitrogen and oxygen atoms in total. The van der Waals surface area contributed by atoms with Crippen molar-refractivity contribution in [3.05, 3.63) is 0 Å². The topological polar surface area (TPSA) is 0 Å². The van der Waals surface area contributed by atoms with Crippen molar-refractivity contribution in [3.8, 4) is 0 Å². The second kappa shape index (κ2) is 8.43. The summed E-state index contributed by atoms with van der Waals surface area (Å²) in [5, 5.41) is 1.99. The summed E-state index contributed by atoms with van der Waals surface area (Å²) >= 11 is 5.57. The second-order valence-corrected chi connectivity index (χ2v) is 5.85. The van der Waals surface area contributed by atoms with Crippen LogP contribution < -0.4 is 0 Å². The van der Waals surface area contributed by atoms with E-state index in [-0.39, 0.29) is 0 Å². The van der Waals surface area contributed by atoms with Crippen LogP contribution in [0.3, 0.4) is 0 Å². The first kappa shape index (κ1) is 12.8. The maximum Gasteiger partial charge on any atom is 0.00417 e. The molecule has 1 atom stereocenters. The molecule has 0 N–H and O–H groups in total. The Morgan fingerprint density at radius 2 is 1.75 bits per heavy atom. The van der Waals surface area contributed by atoms with Gasteiger partial charge in [0.15, 0.2) is 0 Å². The average molecular weight is 253 g/mol. The maximum absolute atomic E-state index is 3.45. The van der Waals surface area contributed by atoms with Gasteiger partial charge in [-0.05, 0) is 24.5 Å². The summed E-state index contributed by atoms with van der Waals surface area (Å²) in [6, 6.07) is 0. The smallest absolute Gasteiger partial charge is 0.00417 e. The molecule has 0 rings (SSSR count). The fraction of sp³-hybridized carbons (Fsp3) is 1.00. The molecule has 0 saturated heterocycles. The number of thioether (sulfide) groups is 1. The van der Waals surface area contributed by atoms with Gasteiger partial charge in [0.25, 0.3) is 0 Å². The van der Waals surface area contributed by atoms with Crippen LogP contribution in [-0.2, 0) is 0 Å². The minimum absolute atomic E-state index is 0.825. The number of hydrogen-bond donors (Lipinski definition) is 0. The highest BCUT2D eigenvalue weighted by atomic mass is 79.9. The largest absolute Gasteiger partial charge is 0.159 e. The van der Waals surface area contributed by atoms with Crippen LogP contribution in [0.4, 0.5) is 0 Å². The summed E-state index contributed by atoms with van der Waals surface area (Å²) < 4.78 is 0. The van der Waals surface area contributed by atoms with Crippen LogP contribution in [0.5, 0.6) is 0 Å². The molecule has 0 bridgehead atoms. The molecule has 0 spiro atoms. The Morgan fingerprint density at radius 3 is 2.25 bits per heavy atom. The third kappa shape index (κ3) is 7.48. The molecule has 0 heterocycles. The van der Waals surface area contributed by atoms with Crippen molar-refractivity contribution in [2.45, 2.75) is 45.3 Å². The molecule has 0 aliphatic heterocycles. The van der Waals surface area contributed by atoms with Crippen molar-refractivity contribution in [2.75, 3.05) is 11.1 Å². The van der Waals surface area contributed by atoms with Gasteiger partial charge in [0.05, 0.1) is 0 Å². The molecule has 2 heteroatoms. The fourth-order valence-electron chi connectivity index (χ4n) is 0.835. The quantitative estimate of drug-likeness (QED) is 0.480. The van der Waals surface area contributed by atoms with Crippen LogP contribution in [0.2, 0.25) is 0 Å². The molecule has 0 radical (unpaired) electrons. The summed E-state index contributed by atoms with van der Waals surface area (Å²) in [4.78, 5) is 0. The van der Waals surface area contributed by atoms with E-state index in [2.05, 4.69) is 48.5 Å². The van der Waals surface area contributed by atoms with E-state index >= 15 is 0 Å². The summed E-state index contributed by atoms with van der Waals surface area (Å²) in [6.45, 7) is 6.94. The van der Waals surface area contributed by atoms with Crippen LogP contribution in [0.25, 0.3) is 0 Å². The van der Waals surface area contributed by atoms with Gasteiger partial charge in [0.1, 0.15) is 0 Å². The summed E-state index contributed by atoms with van der Waals surface area (Å²) in [5.41, 5.74) is 0. The zero-order chi connectivity index (χ0) is 9.40. The van der Waals surface area contributed by atoms with Crippen LogP contribution in [-0.4, -0.2) is 16.3 Å². The molecule has 0 aromatic carbocycles. The minimum atomic E-state index is 0.825. The zero-order valence-corrected chi connectivity index (χ0v) is 10.9. The first-order chi connectivity index (χ1) is 5.68. The summed E-state index contributed by atoms with van der Waals surface area (Å²) in [5.74, 6) is 2.16. The lowest BCUT2D eigenvalue weighted by atomic mass is 10.2. The Labute approximate surface area is 90.0 Å². The standard InChI is InChI=1S/C10H21BrS/c1-9(2)10(3)12-8-6-4-5-7-11/h9-10H,4-8H2,1-3H3. The Bertz CT molecular complexity index is 93.8. The van der Waals surface area contributed by atoms with Crippen molar-refractivity contribution >= 4 is 27.7 Å². The summed E-state index contributed by atoms with van der Waals surface area (Å²) in [6.07, 6.45) is 4.09. The van der Waals surface area contributed by atoms with Gasteiger partial charge in [0.2, 0.25) is 0 Å². The Kier molecular flexibility index (Phi) is 9.01. The van der Waals surface area contributed by atoms with Gasteiger partial charge in [-0.15, -0.1) is 0 Å².